The van der Waals surface area contributed by atoms with E-state index in [0.29, 0.717) is 28.7 Å². The van der Waals surface area contributed by atoms with E-state index in [1.807, 2.05) is 0 Å². The molecule has 1 N–H and O–H groups in total. The monoisotopic (exact) mass is 301 g/mol. The van der Waals surface area contributed by atoms with Gasteiger partial charge in [-0.2, -0.15) is 0 Å². The fourth-order valence-electron chi connectivity index (χ4n) is 2.54. The number of aromatic hydroxyl groups is 1. The zero-order chi connectivity index (χ0) is 15.7. The van der Waals surface area contributed by atoms with Crippen molar-refractivity contribution in [2.45, 2.75) is 32.6 Å². The van der Waals surface area contributed by atoms with E-state index in [-0.39, 0.29) is 16.8 Å². The number of furan rings is 1. The van der Waals surface area contributed by atoms with Gasteiger partial charge < -0.3 is 13.9 Å². The number of hydrogen-bond donors (Lipinski definition) is 1. The Balaban J connectivity index is 2.16. The van der Waals surface area contributed by atoms with Crippen LogP contribution in [0, 0.1) is 4.91 Å². The summed E-state index contributed by atoms with van der Waals surface area (Å²) in [7, 11) is 0. The van der Waals surface area contributed by atoms with Gasteiger partial charge in [0.1, 0.15) is 28.1 Å². The van der Waals surface area contributed by atoms with Crippen LogP contribution < -0.4 is 5.63 Å². The third-order valence-corrected chi connectivity index (χ3v) is 3.66. The lowest BCUT2D eigenvalue weighted by atomic mass is 10.1. The first-order valence-electron chi connectivity index (χ1n) is 7.19. The van der Waals surface area contributed by atoms with Gasteiger partial charge in [-0.15, -0.1) is 4.91 Å². The van der Waals surface area contributed by atoms with Crippen LogP contribution in [0.3, 0.4) is 0 Å². The van der Waals surface area contributed by atoms with E-state index < -0.39 is 5.63 Å². The van der Waals surface area contributed by atoms with E-state index in [1.54, 1.807) is 6.07 Å². The van der Waals surface area contributed by atoms with Gasteiger partial charge in [0.05, 0.1) is 0 Å². The summed E-state index contributed by atoms with van der Waals surface area (Å²) in [6.07, 6.45) is 3.75. The second-order valence-electron chi connectivity index (χ2n) is 5.23. The molecule has 0 spiro atoms. The quantitative estimate of drug-likeness (QED) is 0.557. The molecule has 0 bridgehead atoms. The molecule has 1 aromatic carbocycles. The van der Waals surface area contributed by atoms with Gasteiger partial charge in [0.15, 0.2) is 5.69 Å². The summed E-state index contributed by atoms with van der Waals surface area (Å²) in [4.78, 5) is 22.8. The minimum Gasteiger partial charge on any atom is -0.506 e. The first kappa shape index (κ1) is 14.3. The highest BCUT2D eigenvalue weighted by molar-refractivity contribution is 6.05. The Morgan fingerprint density at radius 2 is 1.95 bits per heavy atom. The first-order chi connectivity index (χ1) is 10.6. The Labute approximate surface area is 125 Å². The maximum absolute atomic E-state index is 12.2. The van der Waals surface area contributed by atoms with Gasteiger partial charge >= 0.3 is 5.63 Å². The van der Waals surface area contributed by atoms with Gasteiger partial charge in [-0.25, -0.2) is 4.79 Å². The van der Waals surface area contributed by atoms with Crippen LogP contribution in [0.2, 0.25) is 0 Å². The van der Waals surface area contributed by atoms with Crippen LogP contribution in [0.15, 0.2) is 37.0 Å². The molecule has 6 heteroatoms. The van der Waals surface area contributed by atoms with Crippen molar-refractivity contribution in [2.75, 3.05) is 0 Å². The van der Waals surface area contributed by atoms with Crippen molar-refractivity contribution in [3.63, 3.8) is 0 Å². The number of rotatable bonds is 5. The first-order valence-corrected chi connectivity index (χ1v) is 7.19. The zero-order valence-electron chi connectivity index (χ0n) is 12.1. The molecule has 0 saturated carbocycles. The minimum absolute atomic E-state index is 0.126. The highest BCUT2D eigenvalue weighted by Gasteiger charge is 2.16. The average molecular weight is 301 g/mol. The van der Waals surface area contributed by atoms with Crippen molar-refractivity contribution in [2.24, 2.45) is 5.18 Å². The summed E-state index contributed by atoms with van der Waals surface area (Å²) < 4.78 is 10.9. The normalized spacial score (nSPS) is 11.3. The molecule has 22 heavy (non-hydrogen) atoms. The maximum atomic E-state index is 12.2. The number of aryl methyl sites for hydroxylation is 1. The van der Waals surface area contributed by atoms with Crippen molar-refractivity contribution in [3.05, 3.63) is 39.3 Å². The molecular weight excluding hydrogens is 286 g/mol. The van der Waals surface area contributed by atoms with Crippen LogP contribution in [-0.2, 0) is 6.42 Å². The number of phenolic OH excluding ortho intramolecular Hbond substituents is 1. The smallest absolute Gasteiger partial charge is 0.347 e. The van der Waals surface area contributed by atoms with Crippen molar-refractivity contribution in [1.29, 1.82) is 0 Å². The largest absolute Gasteiger partial charge is 0.506 e. The van der Waals surface area contributed by atoms with Gasteiger partial charge in [0.25, 0.3) is 0 Å². The molecule has 0 radical (unpaired) electrons. The van der Waals surface area contributed by atoms with E-state index in [0.717, 1.165) is 19.3 Å². The highest BCUT2D eigenvalue weighted by atomic mass is 16.4. The molecule has 0 saturated heterocycles. The number of unbranched alkanes of at least 4 members (excludes halogenated alkanes) is 2. The van der Waals surface area contributed by atoms with Crippen LogP contribution in [-0.4, -0.2) is 5.11 Å². The molecule has 3 rings (SSSR count). The molecule has 2 aromatic heterocycles. The Morgan fingerprint density at radius 3 is 2.68 bits per heavy atom. The lowest BCUT2D eigenvalue weighted by Crippen LogP contribution is -2.01. The molecule has 0 amide bonds. The van der Waals surface area contributed by atoms with Gasteiger partial charge in [-0.05, 0) is 17.7 Å². The third kappa shape index (κ3) is 2.36. The predicted molar refractivity (Wildman–Crippen MR) is 82.6 cm³/mol. The molecule has 2 heterocycles. The lowest BCUT2D eigenvalue weighted by Gasteiger charge is -1.98. The topological polar surface area (TPSA) is 93.0 Å². The molecule has 3 aromatic rings. The SMILES string of the molecule is CCCCCc1cc2oc3cc(N=O)c(O)cc3c2c(=O)o1. The Kier molecular flexibility index (Phi) is 3.66. The number of fused-ring (bicyclic) bond motifs is 3. The van der Waals surface area contributed by atoms with Crippen LogP contribution in [0.1, 0.15) is 31.9 Å². The number of phenols is 1. The molecule has 0 aliphatic heterocycles. The average Bonchev–Trinajstić information content (AvgIpc) is 2.84. The highest BCUT2D eigenvalue weighted by Crippen LogP contribution is 2.36. The molecule has 0 unspecified atom stereocenters. The summed E-state index contributed by atoms with van der Waals surface area (Å²) in [5.74, 6) is 0.277. The molecule has 0 fully saturated rings. The van der Waals surface area contributed by atoms with Crippen molar-refractivity contribution in [3.8, 4) is 5.75 Å². The molecule has 6 nitrogen and oxygen atoms in total. The van der Waals surface area contributed by atoms with E-state index in [4.69, 9.17) is 8.83 Å². The fraction of sp³-hybridized carbons (Fsp3) is 0.312. The fourth-order valence-corrected chi connectivity index (χ4v) is 2.54. The van der Waals surface area contributed by atoms with Crippen LogP contribution in [0.5, 0.6) is 5.75 Å². The maximum Gasteiger partial charge on any atom is 0.347 e. The van der Waals surface area contributed by atoms with Crippen LogP contribution in [0.25, 0.3) is 21.9 Å². The second kappa shape index (κ2) is 5.63. The molecule has 114 valence electrons. The molecule has 0 aliphatic carbocycles. The summed E-state index contributed by atoms with van der Waals surface area (Å²) in [5.41, 5.74) is 0.0775. The Hall–Kier alpha value is -2.63. The van der Waals surface area contributed by atoms with E-state index in [2.05, 4.69) is 12.1 Å². The van der Waals surface area contributed by atoms with Crippen molar-refractivity contribution in [1.82, 2.24) is 0 Å². The standard InChI is InChI=1S/C16H15NO5/c1-2-3-4-5-9-6-14-15(16(19)21-9)10-7-12(18)11(17-20)8-13(10)22-14/h6-8,18H,2-5H2,1H3. The second-order valence-corrected chi connectivity index (χ2v) is 5.23. The van der Waals surface area contributed by atoms with E-state index in [1.165, 1.54) is 12.1 Å². The zero-order valence-corrected chi connectivity index (χ0v) is 12.1. The summed E-state index contributed by atoms with van der Waals surface area (Å²) in [6, 6.07) is 4.30. The van der Waals surface area contributed by atoms with Gasteiger partial charge in [0.2, 0.25) is 0 Å². The molecular formula is C16H15NO5. The van der Waals surface area contributed by atoms with E-state index >= 15 is 0 Å². The van der Waals surface area contributed by atoms with Crippen LogP contribution in [0.4, 0.5) is 5.69 Å². The van der Waals surface area contributed by atoms with Gasteiger partial charge in [0, 0.05) is 23.9 Å². The molecule has 0 aliphatic rings. The number of nitrogens with zero attached hydrogens (tertiary/aromatic N) is 1. The Morgan fingerprint density at radius 1 is 1.14 bits per heavy atom. The van der Waals surface area contributed by atoms with Gasteiger partial charge in [-0.3, -0.25) is 0 Å². The number of nitroso groups, excluding NO2 is 1. The van der Waals surface area contributed by atoms with Crippen molar-refractivity contribution < 1.29 is 13.9 Å². The minimum atomic E-state index is -0.506. The van der Waals surface area contributed by atoms with Crippen molar-refractivity contribution >= 4 is 27.6 Å². The third-order valence-electron chi connectivity index (χ3n) is 3.66. The molecule has 0 atom stereocenters. The van der Waals surface area contributed by atoms with Gasteiger partial charge in [-0.1, -0.05) is 19.8 Å². The number of hydrogen-bond acceptors (Lipinski definition) is 6. The number of benzene rings is 1. The lowest BCUT2D eigenvalue weighted by molar-refractivity contribution is 0.456. The summed E-state index contributed by atoms with van der Waals surface area (Å²) in [5, 5.41) is 13.1. The summed E-state index contributed by atoms with van der Waals surface area (Å²) >= 11 is 0. The van der Waals surface area contributed by atoms with Crippen LogP contribution >= 0.6 is 0 Å². The van der Waals surface area contributed by atoms with E-state index in [9.17, 15) is 14.8 Å². The summed E-state index contributed by atoms with van der Waals surface area (Å²) in [6.45, 7) is 2.10. The Bertz CT molecular complexity index is 906. The predicted octanol–water partition coefficient (Wildman–Crippen LogP) is 4.38.